The van der Waals surface area contributed by atoms with Crippen LogP contribution < -0.4 is 5.69 Å². The van der Waals surface area contributed by atoms with Crippen molar-refractivity contribution in [1.82, 2.24) is 38.5 Å². The smallest absolute Gasteiger partial charge is 0.330 e. The van der Waals surface area contributed by atoms with Crippen molar-refractivity contribution in [3.05, 3.63) is 46.8 Å². The maximum atomic E-state index is 13.7. The topological polar surface area (TPSA) is 141 Å². The Kier molecular flexibility index (Phi) is 6.42. The van der Waals surface area contributed by atoms with E-state index in [-0.39, 0.29) is 24.1 Å². The summed E-state index contributed by atoms with van der Waals surface area (Å²) in [6.07, 6.45) is 6.26. The van der Waals surface area contributed by atoms with E-state index in [9.17, 15) is 14.9 Å². The van der Waals surface area contributed by atoms with E-state index in [0.717, 1.165) is 6.42 Å². The van der Waals surface area contributed by atoms with Gasteiger partial charge in [0.25, 0.3) is 0 Å². The molecule has 188 valence electrons. The van der Waals surface area contributed by atoms with Crippen LogP contribution in [0.5, 0.6) is 0 Å². The normalized spacial score (nSPS) is 15.8. The molecule has 12 nitrogen and oxygen atoms in total. The number of carbonyl (C=O) groups excluding carboxylic acids is 1. The molecule has 1 aliphatic heterocycles. The first-order valence-corrected chi connectivity index (χ1v) is 12.1. The average Bonchev–Trinajstić information content (AvgIpc) is 3.44. The molecule has 0 aliphatic carbocycles. The van der Waals surface area contributed by atoms with Gasteiger partial charge < -0.3 is 9.80 Å². The SMILES string of the molecule is CN(C)CCn1c(=O)n([C@H]2CCCN(C(=O)CC#N)C2)c2nc(-c3cnn4ccc(C#N)cc34)ncc21. The van der Waals surface area contributed by atoms with Gasteiger partial charge in [-0.25, -0.2) is 19.3 Å². The molecular weight excluding hydrogens is 472 g/mol. The minimum Gasteiger partial charge on any atom is -0.340 e. The van der Waals surface area contributed by atoms with Crippen LogP contribution in [-0.4, -0.2) is 78.2 Å². The second-order valence-electron chi connectivity index (χ2n) is 9.40. The van der Waals surface area contributed by atoms with Gasteiger partial charge in [-0.05, 0) is 39.1 Å². The molecule has 0 aromatic carbocycles. The van der Waals surface area contributed by atoms with Crippen molar-refractivity contribution in [3.63, 3.8) is 0 Å². The number of pyridine rings is 1. The lowest BCUT2D eigenvalue weighted by Crippen LogP contribution is -2.43. The Hall–Kier alpha value is -4.55. The Balaban J connectivity index is 1.64. The summed E-state index contributed by atoms with van der Waals surface area (Å²) >= 11 is 0. The quantitative estimate of drug-likeness (QED) is 0.389. The van der Waals surface area contributed by atoms with Gasteiger partial charge in [-0.15, -0.1) is 0 Å². The van der Waals surface area contributed by atoms with Gasteiger partial charge in [-0.2, -0.15) is 15.6 Å². The van der Waals surface area contributed by atoms with Crippen LogP contribution in [0.15, 0.2) is 35.5 Å². The summed E-state index contributed by atoms with van der Waals surface area (Å²) in [6.45, 7) is 2.02. The predicted octanol–water partition coefficient (Wildman–Crippen LogP) is 1.42. The summed E-state index contributed by atoms with van der Waals surface area (Å²) in [5, 5.41) is 22.7. The van der Waals surface area contributed by atoms with Crippen LogP contribution in [0.4, 0.5) is 0 Å². The van der Waals surface area contributed by atoms with Gasteiger partial charge in [0.15, 0.2) is 11.5 Å². The van der Waals surface area contributed by atoms with Crippen molar-refractivity contribution < 1.29 is 4.79 Å². The van der Waals surface area contributed by atoms with Crippen LogP contribution in [0.1, 0.15) is 30.9 Å². The first kappa shape index (κ1) is 24.2. The molecule has 1 fully saturated rings. The maximum absolute atomic E-state index is 13.7. The Morgan fingerprint density at radius 2 is 2.08 bits per heavy atom. The molecule has 1 amide bonds. The van der Waals surface area contributed by atoms with Crippen molar-refractivity contribution in [1.29, 1.82) is 10.5 Å². The van der Waals surface area contributed by atoms with E-state index in [2.05, 4.69) is 16.2 Å². The highest BCUT2D eigenvalue weighted by molar-refractivity contribution is 5.81. The molecule has 0 saturated carbocycles. The highest BCUT2D eigenvalue weighted by Crippen LogP contribution is 2.27. The first-order chi connectivity index (χ1) is 17.9. The van der Waals surface area contributed by atoms with E-state index in [1.807, 2.05) is 25.1 Å². The maximum Gasteiger partial charge on any atom is 0.330 e. The van der Waals surface area contributed by atoms with Crippen molar-refractivity contribution in [3.8, 4) is 23.5 Å². The number of aromatic nitrogens is 6. The summed E-state index contributed by atoms with van der Waals surface area (Å²) in [4.78, 5) is 39.2. The molecule has 0 unspecified atom stereocenters. The molecule has 0 N–H and O–H groups in total. The molecule has 1 saturated heterocycles. The third kappa shape index (κ3) is 4.43. The molecule has 5 heterocycles. The fourth-order valence-corrected chi connectivity index (χ4v) is 4.83. The highest BCUT2D eigenvalue weighted by atomic mass is 16.2. The summed E-state index contributed by atoms with van der Waals surface area (Å²) in [5.41, 5.74) is 2.73. The Labute approximate surface area is 212 Å². The lowest BCUT2D eigenvalue weighted by atomic mass is 10.1. The summed E-state index contributed by atoms with van der Waals surface area (Å²) in [5.74, 6) is 0.163. The second kappa shape index (κ2) is 9.84. The van der Waals surface area contributed by atoms with E-state index in [1.165, 1.54) is 0 Å². The van der Waals surface area contributed by atoms with Crippen LogP contribution in [0.3, 0.4) is 0 Å². The molecule has 1 atom stereocenters. The lowest BCUT2D eigenvalue weighted by Gasteiger charge is -2.32. The average molecular weight is 499 g/mol. The summed E-state index contributed by atoms with van der Waals surface area (Å²) in [6, 6.07) is 7.19. The van der Waals surface area contributed by atoms with Crippen LogP contribution >= 0.6 is 0 Å². The van der Waals surface area contributed by atoms with E-state index >= 15 is 0 Å². The summed E-state index contributed by atoms with van der Waals surface area (Å²) < 4.78 is 5.01. The number of imidazole rings is 1. The largest absolute Gasteiger partial charge is 0.340 e. The predicted molar refractivity (Wildman–Crippen MR) is 134 cm³/mol. The van der Waals surface area contributed by atoms with E-state index < -0.39 is 0 Å². The molecule has 0 spiro atoms. The molecular formula is C25H26N10O2. The number of hydrogen-bond acceptors (Lipinski definition) is 8. The molecule has 0 bridgehead atoms. The molecule has 0 radical (unpaired) electrons. The zero-order chi connectivity index (χ0) is 26.1. The molecule has 4 aromatic heterocycles. The zero-order valence-electron chi connectivity index (χ0n) is 20.7. The van der Waals surface area contributed by atoms with Gasteiger partial charge in [0.2, 0.25) is 5.91 Å². The van der Waals surface area contributed by atoms with Crippen molar-refractivity contribution in [2.45, 2.75) is 31.8 Å². The molecule has 4 aromatic rings. The van der Waals surface area contributed by atoms with Crippen molar-refractivity contribution >= 4 is 22.6 Å². The minimum absolute atomic E-state index is 0.183. The monoisotopic (exact) mass is 498 g/mol. The second-order valence-corrected chi connectivity index (χ2v) is 9.40. The Morgan fingerprint density at radius 3 is 2.84 bits per heavy atom. The van der Waals surface area contributed by atoms with Gasteiger partial charge in [0.1, 0.15) is 11.9 Å². The number of fused-ring (bicyclic) bond motifs is 2. The number of piperidine rings is 1. The van der Waals surface area contributed by atoms with Gasteiger partial charge >= 0.3 is 5.69 Å². The lowest BCUT2D eigenvalue weighted by molar-refractivity contribution is -0.131. The van der Waals surface area contributed by atoms with E-state index in [0.29, 0.717) is 66.2 Å². The fourth-order valence-electron chi connectivity index (χ4n) is 4.83. The van der Waals surface area contributed by atoms with E-state index in [1.54, 1.807) is 49.3 Å². The van der Waals surface area contributed by atoms with Crippen LogP contribution in [-0.2, 0) is 11.3 Å². The number of rotatable bonds is 6. The number of amides is 1. The van der Waals surface area contributed by atoms with Crippen LogP contribution in [0.25, 0.3) is 28.1 Å². The van der Waals surface area contributed by atoms with Crippen molar-refractivity contribution in [2.75, 3.05) is 33.7 Å². The Morgan fingerprint density at radius 1 is 1.24 bits per heavy atom. The van der Waals surface area contributed by atoms with Gasteiger partial charge in [-0.3, -0.25) is 13.9 Å². The number of nitrogens with zero attached hydrogens (tertiary/aromatic N) is 10. The molecule has 12 heteroatoms. The number of nitriles is 2. The van der Waals surface area contributed by atoms with Gasteiger partial charge in [0.05, 0.1) is 47.2 Å². The van der Waals surface area contributed by atoms with Crippen molar-refractivity contribution in [2.24, 2.45) is 0 Å². The van der Waals surface area contributed by atoms with Crippen LogP contribution in [0, 0.1) is 22.7 Å². The van der Waals surface area contributed by atoms with E-state index in [4.69, 9.17) is 10.2 Å². The number of carbonyl (C=O) groups is 1. The van der Waals surface area contributed by atoms with Gasteiger partial charge in [-0.1, -0.05) is 0 Å². The van der Waals surface area contributed by atoms with Crippen LogP contribution in [0.2, 0.25) is 0 Å². The molecule has 5 rings (SSSR count). The fraction of sp³-hybridized carbons (Fsp3) is 0.400. The standard InChI is InChI=1S/C25H26N10O2/c1-31(2)10-11-33-21-15-28-23(19-14-29-34-9-6-17(13-27)12-20(19)34)30-24(21)35(25(33)37)18-4-3-8-32(16-18)22(36)5-7-26/h6,9,12,14-15,18H,3-5,8,10-11,16H2,1-2H3/t18-/m0/s1. The van der Waals surface area contributed by atoms with Gasteiger partial charge in [0, 0.05) is 32.4 Å². The zero-order valence-corrected chi connectivity index (χ0v) is 20.7. The summed E-state index contributed by atoms with van der Waals surface area (Å²) in [7, 11) is 3.89. The highest BCUT2D eigenvalue weighted by Gasteiger charge is 2.29. The molecule has 1 aliphatic rings. The number of likely N-dealkylation sites (tertiary alicyclic amines) is 1. The first-order valence-electron chi connectivity index (χ1n) is 12.1. The number of likely N-dealkylation sites (N-methyl/N-ethyl adjacent to an activating group) is 1. The Bertz CT molecular complexity index is 1630. The minimum atomic E-state index is -0.274. The third-order valence-corrected chi connectivity index (χ3v) is 6.71. The number of hydrogen-bond donors (Lipinski definition) is 0. The molecule has 37 heavy (non-hydrogen) atoms. The third-order valence-electron chi connectivity index (χ3n) is 6.71.